The van der Waals surface area contributed by atoms with E-state index < -0.39 is 36.4 Å². The van der Waals surface area contributed by atoms with E-state index in [-0.39, 0.29) is 61.4 Å². The lowest BCUT2D eigenvalue weighted by Gasteiger charge is -2.43. The fourth-order valence-corrected chi connectivity index (χ4v) is 6.10. The molecule has 0 saturated heterocycles. The Bertz CT molecular complexity index is 1260. The highest BCUT2D eigenvalue weighted by Crippen LogP contribution is 2.44. The molecule has 0 fully saturated rings. The third kappa shape index (κ3) is 10.7. The highest BCUT2D eigenvalue weighted by Gasteiger charge is 2.42. The van der Waals surface area contributed by atoms with Crippen molar-refractivity contribution < 1.29 is 43.9 Å². The largest absolute Gasteiger partial charge is 0.466 e. The zero-order chi connectivity index (χ0) is 34.0. The summed E-state index contributed by atoms with van der Waals surface area (Å²) >= 11 is 0. The maximum Gasteiger partial charge on any atom is 0.358 e. The monoisotopic (exact) mass is 644 g/mol. The Morgan fingerprint density at radius 1 is 1.00 bits per heavy atom. The molecule has 8 atom stereocenters. The lowest BCUT2D eigenvalue weighted by atomic mass is 9.66. The molecular weight excluding hydrogens is 592 g/mol. The molecule has 1 unspecified atom stereocenters. The van der Waals surface area contributed by atoms with Gasteiger partial charge in [-0.3, -0.25) is 14.6 Å². The summed E-state index contributed by atoms with van der Waals surface area (Å²) in [5.74, 6) is -1.44. The van der Waals surface area contributed by atoms with Crippen LogP contribution < -0.4 is 0 Å². The number of ether oxygens (including phenoxy) is 3. The Morgan fingerprint density at radius 3 is 2.37 bits per heavy atom. The molecule has 46 heavy (non-hydrogen) atoms. The summed E-state index contributed by atoms with van der Waals surface area (Å²) in [7, 11) is 0. The number of rotatable bonds is 16. The van der Waals surface area contributed by atoms with Crippen LogP contribution in [0.4, 0.5) is 0 Å². The van der Waals surface area contributed by atoms with Crippen molar-refractivity contribution in [2.75, 3.05) is 13.2 Å². The fraction of sp³-hybridized carbons (Fsp3) is 0.686. The van der Waals surface area contributed by atoms with Gasteiger partial charge >= 0.3 is 17.9 Å². The Hall–Kier alpha value is -3.15. The minimum Gasteiger partial charge on any atom is -0.466 e. The van der Waals surface area contributed by atoms with E-state index in [1.807, 2.05) is 32.9 Å². The van der Waals surface area contributed by atoms with Crippen molar-refractivity contribution in [1.29, 1.82) is 0 Å². The molecule has 3 rings (SSSR count). The molecule has 2 aliphatic carbocycles. The summed E-state index contributed by atoms with van der Waals surface area (Å²) in [6, 6.07) is 0. The smallest absolute Gasteiger partial charge is 0.358 e. The zero-order valence-corrected chi connectivity index (χ0v) is 28.1. The van der Waals surface area contributed by atoms with E-state index in [4.69, 9.17) is 14.2 Å². The first-order valence-electron chi connectivity index (χ1n) is 16.6. The number of esters is 3. The van der Waals surface area contributed by atoms with Gasteiger partial charge in [0.25, 0.3) is 0 Å². The van der Waals surface area contributed by atoms with E-state index in [2.05, 4.69) is 23.0 Å². The SMILES string of the molecule is CC[C@H](C)C(=O)O[C@H]1C[C@H](O)C=C2C=C[C@H](C)[C@H](CC[C@@H](O)C[C@@H](O)CC(=O)OCCCCOC(=O)c3nc(C)c(C)nc3C)C21. The molecule has 0 aliphatic heterocycles. The second kappa shape index (κ2) is 17.7. The van der Waals surface area contributed by atoms with Crippen molar-refractivity contribution in [3.8, 4) is 0 Å². The van der Waals surface area contributed by atoms with Crippen LogP contribution in [-0.2, 0) is 23.8 Å². The molecule has 11 heteroatoms. The first-order valence-corrected chi connectivity index (χ1v) is 16.6. The van der Waals surface area contributed by atoms with Crippen molar-refractivity contribution in [1.82, 2.24) is 9.97 Å². The van der Waals surface area contributed by atoms with Crippen LogP contribution in [0.5, 0.6) is 0 Å². The van der Waals surface area contributed by atoms with Gasteiger partial charge in [-0.1, -0.05) is 39.0 Å². The second-order valence-corrected chi connectivity index (χ2v) is 12.9. The Morgan fingerprint density at radius 2 is 1.67 bits per heavy atom. The number of hydrogen-bond acceptors (Lipinski definition) is 11. The molecule has 0 aromatic carbocycles. The van der Waals surface area contributed by atoms with Crippen LogP contribution in [0.3, 0.4) is 0 Å². The molecule has 256 valence electrons. The average molecular weight is 645 g/mol. The number of unbranched alkanes of at least 4 members (excludes halogenated alkanes) is 1. The molecule has 3 N–H and O–H groups in total. The van der Waals surface area contributed by atoms with E-state index in [0.717, 1.165) is 11.3 Å². The van der Waals surface area contributed by atoms with Crippen molar-refractivity contribution in [2.24, 2.45) is 23.7 Å². The Labute approximate surface area is 272 Å². The predicted octanol–water partition coefficient (Wildman–Crippen LogP) is 4.25. The van der Waals surface area contributed by atoms with Crippen LogP contribution in [-0.4, -0.2) is 80.8 Å². The lowest BCUT2D eigenvalue weighted by molar-refractivity contribution is -0.159. The molecule has 0 bridgehead atoms. The first kappa shape index (κ1) is 37.3. The summed E-state index contributed by atoms with van der Waals surface area (Å²) in [4.78, 5) is 45.7. The summed E-state index contributed by atoms with van der Waals surface area (Å²) in [5.41, 5.74) is 3.08. The van der Waals surface area contributed by atoms with Crippen molar-refractivity contribution >= 4 is 17.9 Å². The van der Waals surface area contributed by atoms with Gasteiger partial charge in [0.15, 0.2) is 5.69 Å². The van der Waals surface area contributed by atoms with E-state index in [9.17, 15) is 29.7 Å². The quantitative estimate of drug-likeness (QED) is 0.134. The van der Waals surface area contributed by atoms with Gasteiger partial charge in [-0.05, 0) is 76.7 Å². The minimum absolute atomic E-state index is 0.0291. The molecular formula is C35H52N2O9. The van der Waals surface area contributed by atoms with Gasteiger partial charge in [-0.15, -0.1) is 0 Å². The van der Waals surface area contributed by atoms with Gasteiger partial charge in [-0.25, -0.2) is 9.78 Å². The number of aryl methyl sites for hydroxylation is 3. The molecule has 1 aromatic heterocycles. The molecule has 0 amide bonds. The fourth-order valence-electron chi connectivity index (χ4n) is 6.10. The number of carbonyl (C=O) groups is 3. The number of carbonyl (C=O) groups excluding carboxylic acids is 3. The van der Waals surface area contributed by atoms with Crippen LogP contribution in [0.1, 0.15) is 99.7 Å². The van der Waals surface area contributed by atoms with Crippen molar-refractivity contribution in [3.05, 3.63) is 46.6 Å². The third-order valence-electron chi connectivity index (χ3n) is 9.14. The van der Waals surface area contributed by atoms with E-state index in [1.54, 1.807) is 13.8 Å². The van der Waals surface area contributed by atoms with Gasteiger partial charge in [0.1, 0.15) is 6.10 Å². The standard InChI is InChI=1S/C35H52N2O9/c1-7-20(2)34(42)46-30-18-27(39)16-25-11-10-21(3)29(32(25)30)13-12-26(38)17-28(40)19-31(41)44-14-8-9-15-45-35(43)33-24(6)36-22(4)23(5)37-33/h10-11,16,20-21,26-30,32,38-40H,7-9,12-15,17-19H2,1-6H3/t20-,21-,26+,27+,28+,29-,30-,32?/m0/s1. The van der Waals surface area contributed by atoms with Crippen LogP contribution >= 0.6 is 0 Å². The Kier molecular flexibility index (Phi) is 14.3. The first-order chi connectivity index (χ1) is 21.8. The average Bonchev–Trinajstić information content (AvgIpc) is 2.99. The topological polar surface area (TPSA) is 165 Å². The van der Waals surface area contributed by atoms with Crippen molar-refractivity contribution in [3.63, 3.8) is 0 Å². The van der Waals surface area contributed by atoms with Crippen LogP contribution in [0.15, 0.2) is 23.8 Å². The highest BCUT2D eigenvalue weighted by atomic mass is 16.5. The summed E-state index contributed by atoms with van der Waals surface area (Å²) in [5, 5.41) is 31.6. The number of nitrogens with zero attached hydrogens (tertiary/aromatic N) is 2. The maximum atomic E-state index is 12.6. The van der Waals surface area contributed by atoms with Crippen LogP contribution in [0, 0.1) is 44.4 Å². The van der Waals surface area contributed by atoms with E-state index in [0.29, 0.717) is 49.9 Å². The van der Waals surface area contributed by atoms with Crippen LogP contribution in [0.25, 0.3) is 0 Å². The van der Waals surface area contributed by atoms with Crippen LogP contribution in [0.2, 0.25) is 0 Å². The predicted molar refractivity (Wildman–Crippen MR) is 171 cm³/mol. The normalized spacial score (nSPS) is 24.3. The number of aromatic nitrogens is 2. The summed E-state index contributed by atoms with van der Waals surface area (Å²) < 4.78 is 16.4. The maximum absolute atomic E-state index is 12.6. The lowest BCUT2D eigenvalue weighted by Crippen LogP contribution is -2.43. The van der Waals surface area contributed by atoms with Gasteiger partial charge in [0.2, 0.25) is 0 Å². The molecule has 0 saturated carbocycles. The van der Waals surface area contributed by atoms with Gasteiger partial charge in [-0.2, -0.15) is 0 Å². The Balaban J connectivity index is 1.38. The second-order valence-electron chi connectivity index (χ2n) is 12.9. The number of aliphatic hydroxyl groups is 3. The number of aliphatic hydroxyl groups excluding tert-OH is 3. The number of allylic oxidation sites excluding steroid dienone is 2. The molecule has 0 radical (unpaired) electrons. The molecule has 2 aliphatic rings. The van der Waals surface area contributed by atoms with Gasteiger partial charge in [0.05, 0.1) is 60.9 Å². The third-order valence-corrected chi connectivity index (χ3v) is 9.14. The number of hydrogen-bond donors (Lipinski definition) is 3. The highest BCUT2D eigenvalue weighted by molar-refractivity contribution is 5.88. The van der Waals surface area contributed by atoms with E-state index in [1.165, 1.54) is 0 Å². The molecule has 11 nitrogen and oxygen atoms in total. The van der Waals surface area contributed by atoms with E-state index >= 15 is 0 Å². The molecule has 0 spiro atoms. The molecule has 1 heterocycles. The number of fused-ring (bicyclic) bond motifs is 1. The van der Waals surface area contributed by atoms with Crippen molar-refractivity contribution in [2.45, 2.75) is 117 Å². The molecule has 1 aromatic rings. The summed E-state index contributed by atoms with van der Waals surface area (Å²) in [6.45, 7) is 11.4. The van der Waals surface area contributed by atoms with Gasteiger partial charge < -0.3 is 29.5 Å². The minimum atomic E-state index is -1.06. The zero-order valence-electron chi connectivity index (χ0n) is 28.1. The van der Waals surface area contributed by atoms with Gasteiger partial charge in [0, 0.05) is 12.3 Å². The summed E-state index contributed by atoms with van der Waals surface area (Å²) in [6.07, 6.45) is 5.68.